The third-order valence-electron chi connectivity index (χ3n) is 17.8. The van der Waals surface area contributed by atoms with Gasteiger partial charge in [0.2, 0.25) is 0 Å². The van der Waals surface area contributed by atoms with Gasteiger partial charge in [0.15, 0.2) is 55.9 Å². The molecule has 5 aliphatic heterocycles. The number of esters is 2. The van der Waals surface area contributed by atoms with E-state index in [0.29, 0.717) is 67.9 Å². The molecule has 0 aliphatic carbocycles. The summed E-state index contributed by atoms with van der Waals surface area (Å²) in [6.07, 6.45) is -52.9. The van der Waals surface area contributed by atoms with Crippen molar-refractivity contribution < 1.29 is 236 Å². The van der Waals surface area contributed by atoms with Crippen molar-refractivity contribution in [3.63, 3.8) is 0 Å². The fourth-order valence-corrected chi connectivity index (χ4v) is 16.3. The molecule has 5 fully saturated rings. The third kappa shape index (κ3) is 32.7. The first kappa shape index (κ1) is 110. The summed E-state index contributed by atoms with van der Waals surface area (Å²) >= 11 is 1.57. The summed E-state index contributed by atoms with van der Waals surface area (Å²) in [5, 5.41) is 0. The van der Waals surface area contributed by atoms with Crippen molar-refractivity contribution in [3.8, 4) is 0 Å². The molecule has 0 spiro atoms. The monoisotopic (exact) mass is 1940 g/mol. The smallest absolute Gasteiger partial charge is 0.400 e. The molecule has 61 heteroatoms. The van der Waals surface area contributed by atoms with Gasteiger partial charge in [-0.1, -0.05) is 20.8 Å². The molecule has 718 valence electrons. The molecule has 53 nitrogen and oxygen atoms in total. The SMILES string of the molecule is COC(=O)[C@H]1O[C@@H](O[C@H]2[C@H](OS(=O)(=O)OC)[C@@H](OS(=O)(=O)OC)[C@@H](O[C@H]3[C@H](OC)[C@@H](OC)[C@H](O[C@H]4[C@H](OS(=O)(=O)OC)[C@@H](OS(=O)(=O)OC)[C@@H](OC)O[C@@H]4COS(=O)(=O)OC)O[C@H]3C(=O)OC)O[C@@H]2COS(=O)(=O)OC)[C@H](OC)[C@@H](OC)[C@@H]1O[C@H]1O[C@H](COS(=O)(=O)OC)[C@@H](OCCOCCOCCOCCCC(=O)CSC(C)(C)C)[C@H](OC)[C@H]1OC. The summed E-state index contributed by atoms with van der Waals surface area (Å²) in [5.41, 5.74) is 0. The highest BCUT2D eigenvalue weighted by Gasteiger charge is 2.63. The van der Waals surface area contributed by atoms with E-state index in [9.17, 15) is 73.3 Å². The highest BCUT2D eigenvalue weighted by atomic mass is 32.3. The van der Waals surface area contributed by atoms with Crippen LogP contribution in [-0.2, 0) is 250 Å². The van der Waals surface area contributed by atoms with Gasteiger partial charge in [0, 0.05) is 67.5 Å². The Kier molecular flexibility index (Phi) is 45.5. The van der Waals surface area contributed by atoms with Gasteiger partial charge in [-0.05, 0) is 6.42 Å². The van der Waals surface area contributed by atoms with Crippen LogP contribution in [-0.4, -0.2) is 421 Å². The number of methoxy groups -OCH3 is 9. The molecule has 0 unspecified atom stereocenters. The Labute approximate surface area is 712 Å². The lowest BCUT2D eigenvalue weighted by Gasteiger charge is -2.51. The first-order chi connectivity index (χ1) is 57.3. The normalized spacial score (nSPS) is 31.8. The van der Waals surface area contributed by atoms with Crippen molar-refractivity contribution in [2.75, 3.05) is 186 Å². The van der Waals surface area contributed by atoms with Crippen LogP contribution in [0.15, 0.2) is 0 Å². The zero-order valence-corrected chi connectivity index (χ0v) is 76.1. The van der Waals surface area contributed by atoms with Crippen molar-refractivity contribution in [1.29, 1.82) is 0 Å². The van der Waals surface area contributed by atoms with E-state index in [2.05, 4.69) is 29.3 Å². The molecule has 5 saturated heterocycles. The van der Waals surface area contributed by atoms with Gasteiger partial charge in [-0.2, -0.15) is 58.9 Å². The third-order valence-corrected chi connectivity index (χ3v) is 25.1. The molecule has 0 amide bonds. The van der Waals surface area contributed by atoms with Crippen LogP contribution < -0.4 is 0 Å². The van der Waals surface area contributed by atoms with Gasteiger partial charge >= 0.3 is 84.7 Å². The van der Waals surface area contributed by atoms with Crippen LogP contribution in [0.2, 0.25) is 0 Å². The summed E-state index contributed by atoms with van der Waals surface area (Å²) in [4.78, 5) is 41.0. The molecular formula is C61H108O53S8. The molecule has 0 aromatic heterocycles. The van der Waals surface area contributed by atoms with E-state index < -0.39 is 258 Å². The van der Waals surface area contributed by atoms with Crippen molar-refractivity contribution in [1.82, 2.24) is 0 Å². The number of hydrogen-bond donors (Lipinski definition) is 0. The maximum atomic E-state index is 14.4. The van der Waals surface area contributed by atoms with Crippen molar-refractivity contribution in [3.05, 3.63) is 0 Å². The van der Waals surface area contributed by atoms with Gasteiger partial charge in [-0.3, -0.25) is 34.1 Å². The molecule has 0 bridgehead atoms. The Morgan fingerprint density at radius 3 is 0.918 bits per heavy atom. The highest BCUT2D eigenvalue weighted by molar-refractivity contribution is 8.01. The molecule has 5 rings (SSSR count). The minimum Gasteiger partial charge on any atom is -0.467 e. The van der Waals surface area contributed by atoms with Gasteiger partial charge in [-0.25, -0.2) is 38.9 Å². The van der Waals surface area contributed by atoms with Crippen LogP contribution in [0.5, 0.6) is 0 Å². The number of rotatable bonds is 57. The number of ketones is 1. The first-order valence-corrected chi connectivity index (χ1v) is 46.2. The summed E-state index contributed by atoms with van der Waals surface area (Å²) in [7, 11) is -23.7. The molecule has 122 heavy (non-hydrogen) atoms. The van der Waals surface area contributed by atoms with Crippen LogP contribution in [0, 0.1) is 0 Å². The highest BCUT2D eigenvalue weighted by Crippen LogP contribution is 2.42. The van der Waals surface area contributed by atoms with Crippen LogP contribution >= 0.6 is 11.8 Å². The molecule has 0 saturated carbocycles. The van der Waals surface area contributed by atoms with Crippen LogP contribution in [0.1, 0.15) is 33.6 Å². The molecule has 0 aromatic carbocycles. The first-order valence-electron chi connectivity index (χ1n) is 35.8. The lowest BCUT2D eigenvalue weighted by Crippen LogP contribution is -2.70. The topological polar surface area (TPSA) is 622 Å². The predicted molar refractivity (Wildman–Crippen MR) is 396 cm³/mol. The molecule has 5 heterocycles. The zero-order valence-electron chi connectivity index (χ0n) is 69.5. The van der Waals surface area contributed by atoms with E-state index >= 15 is 0 Å². The fraction of sp³-hybridized carbons (Fsp3) is 0.951. The lowest BCUT2D eigenvalue weighted by molar-refractivity contribution is -0.388. The Morgan fingerprint density at radius 1 is 0.303 bits per heavy atom. The molecule has 25 atom stereocenters. The standard InChI is InChI=1S/C61H108O53S8/c1-61(2,3)115-32-33(62)21-20-22-95-23-24-96-25-26-97-27-28-98-37-34(29-99-116(65,66)88-13)103-57(49(82-7)40(37)79-4)107-43-41(80-5)50(83-8)59(109-47(43)54(63)85-10)106-39-36(31-101-118(69,70)90-15)104-60(53(114-122(77,78)94-19)46(39)112-120(73,74)92-17)108-44-42(81-6)51(84-9)58(110-48(44)55(64)86-11)105-38-35(30-100-117(67,68)89-14)102-56(87-12)52(113-121(75,76)93-18)45(38)111-119(71,72)91-16/h34-53,56-60H,20-32H2,1-19H3/t34-,35-,36-,37-,38-,39-,40+,41+,42+,43+,44+,45+,46+,47+,48-,49-,50-,51-,52-,53-,56+,57-,58-,59-,60-/m1/s1. The zero-order chi connectivity index (χ0) is 91.5. The Hall–Kier alpha value is -2.75. The molecule has 0 radical (unpaired) electrons. The van der Waals surface area contributed by atoms with E-state index in [-0.39, 0.29) is 50.2 Å². The summed E-state index contributed by atoms with van der Waals surface area (Å²) in [5.74, 6) is -2.35. The Bertz CT molecular complexity index is 4010. The van der Waals surface area contributed by atoms with Gasteiger partial charge in [0.1, 0.15) is 103 Å². The van der Waals surface area contributed by atoms with Crippen molar-refractivity contribution in [2.24, 2.45) is 0 Å². The van der Waals surface area contributed by atoms with Gasteiger partial charge in [0.25, 0.3) is 0 Å². The molecule has 0 aromatic rings. The maximum absolute atomic E-state index is 14.4. The molecular weight excluding hydrogens is 1840 g/mol. The minimum absolute atomic E-state index is 0.0346. The minimum atomic E-state index is -5.63. The number of Topliss-reactive ketones (excluding diaryl/α,β-unsaturated/α-hetero) is 1. The second-order valence-corrected chi connectivity index (χ2v) is 37.5. The fourth-order valence-electron chi connectivity index (χ4n) is 12.1. The second-order valence-electron chi connectivity index (χ2n) is 26.2. The maximum Gasteiger partial charge on any atom is 0.400 e. The summed E-state index contributed by atoms with van der Waals surface area (Å²) in [6, 6.07) is 0. The number of carbonyl (C=O) groups is 3. The Balaban J connectivity index is 1.57. The van der Waals surface area contributed by atoms with Gasteiger partial charge < -0.3 is 104 Å². The van der Waals surface area contributed by atoms with E-state index in [1.165, 1.54) is 14.2 Å². The largest absolute Gasteiger partial charge is 0.467 e. The molecule has 0 N–H and O–H groups in total. The average molecular weight is 1950 g/mol. The van der Waals surface area contributed by atoms with E-state index in [1.54, 1.807) is 11.8 Å². The predicted octanol–water partition coefficient (Wildman–Crippen LogP) is -4.62. The number of thioether (sulfide) groups is 1. The van der Waals surface area contributed by atoms with E-state index in [4.69, 9.17) is 133 Å². The number of carbonyl (C=O) groups excluding carboxylic acids is 3. The number of hydrogen-bond acceptors (Lipinski definition) is 54. The van der Waals surface area contributed by atoms with E-state index in [0.717, 1.165) is 56.9 Å². The number of ether oxygens (including phenoxy) is 22. The lowest BCUT2D eigenvalue weighted by atomic mass is 9.94. The molecule has 5 aliphatic rings. The van der Waals surface area contributed by atoms with Crippen molar-refractivity contribution >= 4 is 102 Å². The quantitative estimate of drug-likeness (QED) is 0.0408. The summed E-state index contributed by atoms with van der Waals surface area (Å²) < 4.78 is 384. The van der Waals surface area contributed by atoms with Crippen LogP contribution in [0.4, 0.5) is 0 Å². The summed E-state index contributed by atoms with van der Waals surface area (Å²) in [6.45, 7) is 3.16. The van der Waals surface area contributed by atoms with Crippen LogP contribution in [0.25, 0.3) is 0 Å². The second kappa shape index (κ2) is 50.6. The van der Waals surface area contributed by atoms with Gasteiger partial charge in [-0.15, -0.1) is 11.8 Å². The average Bonchev–Trinajstić information content (AvgIpc) is 0.751. The Morgan fingerprint density at radius 2 is 0.590 bits per heavy atom. The van der Waals surface area contributed by atoms with Gasteiger partial charge in [0.05, 0.1) is 129 Å². The van der Waals surface area contributed by atoms with Crippen LogP contribution in [0.3, 0.4) is 0 Å². The van der Waals surface area contributed by atoms with Crippen molar-refractivity contribution in [2.45, 2.75) is 192 Å². The van der Waals surface area contributed by atoms with E-state index in [1.807, 2.05) is 20.8 Å².